The van der Waals surface area contributed by atoms with Gasteiger partial charge in [-0.2, -0.15) is 0 Å². The van der Waals surface area contributed by atoms with Crippen LogP contribution in [0.3, 0.4) is 0 Å². The summed E-state index contributed by atoms with van der Waals surface area (Å²) in [5.41, 5.74) is 0. The molecule has 150 valence electrons. The molecule has 1 saturated heterocycles. The maximum absolute atomic E-state index is 12.5. The lowest BCUT2D eigenvalue weighted by Crippen LogP contribution is -2.38. The van der Waals surface area contributed by atoms with Crippen molar-refractivity contribution in [2.75, 3.05) is 39.9 Å². The molecule has 2 rings (SSSR count). The summed E-state index contributed by atoms with van der Waals surface area (Å²) in [5, 5.41) is 8.93. The Balaban J connectivity index is 1.78. The molecule has 0 bridgehead atoms. The largest absolute Gasteiger partial charge is 0.494 e. The van der Waals surface area contributed by atoms with Crippen LogP contribution in [0.5, 0.6) is 11.5 Å². The van der Waals surface area contributed by atoms with Gasteiger partial charge in [0.2, 0.25) is 0 Å². The second kappa shape index (κ2) is 10.8. The highest BCUT2D eigenvalue weighted by molar-refractivity contribution is 5.77. The molecule has 1 N–H and O–H groups in total. The third-order valence-electron chi connectivity index (χ3n) is 4.72. The van der Waals surface area contributed by atoms with E-state index in [0.717, 1.165) is 31.4 Å². The van der Waals surface area contributed by atoms with Gasteiger partial charge in [-0.1, -0.05) is 6.92 Å². The highest BCUT2D eigenvalue weighted by Gasteiger charge is 2.24. The number of nitrogens with zero attached hydrogens (tertiary/aromatic N) is 2. The smallest absolute Gasteiger partial charge is 0.317 e. The van der Waals surface area contributed by atoms with Crippen molar-refractivity contribution < 1.29 is 24.2 Å². The second-order valence-corrected chi connectivity index (χ2v) is 6.88. The molecule has 0 aliphatic carbocycles. The van der Waals surface area contributed by atoms with Crippen molar-refractivity contribution in [1.29, 1.82) is 0 Å². The average molecular weight is 378 g/mol. The van der Waals surface area contributed by atoms with E-state index in [2.05, 4.69) is 6.92 Å². The summed E-state index contributed by atoms with van der Waals surface area (Å²) >= 11 is 0. The fourth-order valence-electron chi connectivity index (χ4n) is 3.20. The van der Waals surface area contributed by atoms with Crippen LogP contribution in [0.2, 0.25) is 0 Å². The van der Waals surface area contributed by atoms with Crippen LogP contribution in [0.25, 0.3) is 0 Å². The maximum Gasteiger partial charge on any atom is 0.317 e. The van der Waals surface area contributed by atoms with Gasteiger partial charge in [0.1, 0.15) is 11.5 Å². The van der Waals surface area contributed by atoms with Crippen molar-refractivity contribution in [1.82, 2.24) is 9.80 Å². The highest BCUT2D eigenvalue weighted by Crippen LogP contribution is 2.19. The molecule has 7 heteroatoms. The number of amides is 1. The lowest BCUT2D eigenvalue weighted by molar-refractivity contribution is -0.138. The number of carbonyl (C=O) groups is 2. The molecule has 1 aliphatic rings. The van der Waals surface area contributed by atoms with Crippen molar-refractivity contribution in [3.8, 4) is 11.5 Å². The molecule has 1 heterocycles. The summed E-state index contributed by atoms with van der Waals surface area (Å²) in [6, 6.07) is 7.47. The zero-order valence-corrected chi connectivity index (χ0v) is 16.2. The molecule has 7 nitrogen and oxygen atoms in total. The van der Waals surface area contributed by atoms with Crippen LogP contribution in [0.4, 0.5) is 0 Å². The first-order valence-electron chi connectivity index (χ1n) is 9.55. The Bertz CT molecular complexity index is 605. The summed E-state index contributed by atoms with van der Waals surface area (Å²) in [4.78, 5) is 27.0. The Kier molecular flexibility index (Phi) is 8.39. The zero-order valence-electron chi connectivity index (χ0n) is 16.2. The molecular weight excluding hydrogens is 348 g/mol. The number of likely N-dealkylation sites (N-methyl/N-ethyl adjacent to an activating group) is 1. The van der Waals surface area contributed by atoms with Crippen LogP contribution in [0, 0.1) is 0 Å². The van der Waals surface area contributed by atoms with Crippen LogP contribution < -0.4 is 9.47 Å². The predicted molar refractivity (Wildman–Crippen MR) is 102 cm³/mol. The third kappa shape index (κ3) is 7.09. The van der Waals surface area contributed by atoms with Crippen LogP contribution in [0.15, 0.2) is 24.3 Å². The highest BCUT2D eigenvalue weighted by atomic mass is 16.5. The predicted octanol–water partition coefficient (Wildman–Crippen LogP) is 2.25. The second-order valence-electron chi connectivity index (χ2n) is 6.88. The number of hydrogen-bond donors (Lipinski definition) is 1. The number of benzene rings is 1. The van der Waals surface area contributed by atoms with Gasteiger partial charge in [-0.05, 0) is 57.0 Å². The van der Waals surface area contributed by atoms with Crippen molar-refractivity contribution in [3.05, 3.63) is 24.3 Å². The summed E-state index contributed by atoms with van der Waals surface area (Å²) in [6.07, 6.45) is 3.49. The van der Waals surface area contributed by atoms with E-state index in [-0.39, 0.29) is 25.1 Å². The first kappa shape index (κ1) is 21.0. The van der Waals surface area contributed by atoms with Crippen molar-refractivity contribution in [2.24, 2.45) is 0 Å². The Morgan fingerprint density at radius 3 is 2.44 bits per heavy atom. The average Bonchev–Trinajstić information content (AvgIpc) is 2.91. The van der Waals surface area contributed by atoms with Crippen LogP contribution >= 0.6 is 0 Å². The first-order chi connectivity index (χ1) is 13.0. The van der Waals surface area contributed by atoms with E-state index in [1.165, 1.54) is 0 Å². The number of carbonyl (C=O) groups excluding carboxylic acids is 1. The van der Waals surface area contributed by atoms with Gasteiger partial charge < -0.3 is 19.5 Å². The van der Waals surface area contributed by atoms with Gasteiger partial charge in [0.25, 0.3) is 5.91 Å². The quantitative estimate of drug-likeness (QED) is 0.710. The standard InChI is InChI=1S/C20H30N2O5/c1-3-13-26-17-6-8-18(9-7-17)27-15-19(23)22-11-4-5-16(10-12-22)21(2)14-20(24)25/h6-9,16H,3-5,10-15H2,1-2H3,(H,24,25). The molecule has 1 amide bonds. The minimum atomic E-state index is -0.825. The molecule has 1 atom stereocenters. The van der Waals surface area contributed by atoms with Crippen molar-refractivity contribution in [3.63, 3.8) is 0 Å². The number of ether oxygens (including phenoxy) is 2. The molecule has 1 aliphatic heterocycles. The van der Waals surface area contributed by atoms with Gasteiger partial charge in [0, 0.05) is 19.1 Å². The fourth-order valence-corrected chi connectivity index (χ4v) is 3.20. The molecule has 0 aromatic heterocycles. The van der Waals surface area contributed by atoms with Gasteiger partial charge in [-0.15, -0.1) is 0 Å². The van der Waals surface area contributed by atoms with Gasteiger partial charge in [-0.3, -0.25) is 14.5 Å². The van der Waals surface area contributed by atoms with Crippen molar-refractivity contribution in [2.45, 2.75) is 38.6 Å². The number of rotatable bonds is 9. The van der Waals surface area contributed by atoms with E-state index < -0.39 is 5.97 Å². The van der Waals surface area contributed by atoms with E-state index in [1.807, 2.05) is 29.0 Å². The molecule has 1 aromatic rings. The third-order valence-corrected chi connectivity index (χ3v) is 4.72. The summed E-state index contributed by atoms with van der Waals surface area (Å²) in [7, 11) is 1.83. The van der Waals surface area contributed by atoms with Gasteiger partial charge >= 0.3 is 5.97 Å². The molecule has 27 heavy (non-hydrogen) atoms. The Labute approximate surface area is 160 Å². The lowest BCUT2D eigenvalue weighted by Gasteiger charge is -2.25. The minimum Gasteiger partial charge on any atom is -0.494 e. The summed E-state index contributed by atoms with van der Waals surface area (Å²) in [5.74, 6) is 0.567. The monoisotopic (exact) mass is 378 g/mol. The number of aliphatic carboxylic acids is 1. The Morgan fingerprint density at radius 2 is 1.81 bits per heavy atom. The SMILES string of the molecule is CCCOc1ccc(OCC(=O)N2CCCC(N(C)CC(=O)O)CC2)cc1. The van der Waals surface area contributed by atoms with Gasteiger partial charge in [0.15, 0.2) is 6.61 Å². The number of hydrogen-bond acceptors (Lipinski definition) is 5. The maximum atomic E-state index is 12.5. The number of carboxylic acids is 1. The fraction of sp³-hybridized carbons (Fsp3) is 0.600. The zero-order chi connectivity index (χ0) is 19.6. The molecule has 1 aromatic carbocycles. The Morgan fingerprint density at radius 1 is 1.15 bits per heavy atom. The Hall–Kier alpha value is -2.28. The van der Waals surface area contributed by atoms with E-state index >= 15 is 0 Å². The van der Waals surface area contributed by atoms with E-state index in [4.69, 9.17) is 14.6 Å². The molecule has 1 unspecified atom stereocenters. The van der Waals surface area contributed by atoms with Crippen LogP contribution in [0.1, 0.15) is 32.6 Å². The minimum absolute atomic E-state index is 0.00476. The van der Waals surface area contributed by atoms with E-state index in [0.29, 0.717) is 25.4 Å². The van der Waals surface area contributed by atoms with Crippen LogP contribution in [-0.4, -0.2) is 72.7 Å². The normalized spacial score (nSPS) is 17.4. The summed E-state index contributed by atoms with van der Waals surface area (Å²) in [6.45, 7) is 4.07. The molecular formula is C20H30N2O5. The molecule has 0 saturated carbocycles. The lowest BCUT2D eigenvalue weighted by atomic mass is 10.1. The van der Waals surface area contributed by atoms with E-state index in [1.54, 1.807) is 12.1 Å². The van der Waals surface area contributed by atoms with Gasteiger partial charge in [0.05, 0.1) is 13.2 Å². The number of carboxylic acid groups (broad SMARTS) is 1. The van der Waals surface area contributed by atoms with Gasteiger partial charge in [-0.25, -0.2) is 0 Å². The molecule has 1 fully saturated rings. The number of likely N-dealkylation sites (tertiary alicyclic amines) is 1. The first-order valence-corrected chi connectivity index (χ1v) is 9.55. The van der Waals surface area contributed by atoms with Crippen LogP contribution in [-0.2, 0) is 9.59 Å². The summed E-state index contributed by atoms with van der Waals surface area (Å²) < 4.78 is 11.1. The topological polar surface area (TPSA) is 79.3 Å². The van der Waals surface area contributed by atoms with E-state index in [9.17, 15) is 9.59 Å². The molecule has 0 radical (unpaired) electrons. The molecule has 0 spiro atoms. The van der Waals surface area contributed by atoms with Crippen molar-refractivity contribution >= 4 is 11.9 Å².